The SMILES string of the molecule is Cc1cccn2c(CC(N)=O)cnc12. The van der Waals surface area contributed by atoms with Gasteiger partial charge in [-0.1, -0.05) is 6.07 Å². The Labute approximate surface area is 81.4 Å². The first-order chi connectivity index (χ1) is 6.68. The van der Waals surface area contributed by atoms with Crippen LogP contribution in [-0.4, -0.2) is 15.3 Å². The van der Waals surface area contributed by atoms with E-state index in [1.165, 1.54) is 0 Å². The first kappa shape index (κ1) is 8.74. The lowest BCUT2D eigenvalue weighted by Crippen LogP contribution is -2.14. The molecule has 4 nitrogen and oxygen atoms in total. The molecule has 0 aliphatic rings. The van der Waals surface area contributed by atoms with E-state index in [9.17, 15) is 4.79 Å². The van der Waals surface area contributed by atoms with Gasteiger partial charge in [0.15, 0.2) is 0 Å². The molecular weight excluding hydrogens is 178 g/mol. The van der Waals surface area contributed by atoms with Crippen molar-refractivity contribution in [3.63, 3.8) is 0 Å². The first-order valence-corrected chi connectivity index (χ1v) is 4.38. The second kappa shape index (κ2) is 3.14. The van der Waals surface area contributed by atoms with E-state index in [4.69, 9.17) is 5.73 Å². The highest BCUT2D eigenvalue weighted by atomic mass is 16.1. The number of primary amides is 1. The molecule has 0 aliphatic carbocycles. The molecule has 0 aromatic carbocycles. The van der Waals surface area contributed by atoms with Gasteiger partial charge in [-0.15, -0.1) is 0 Å². The van der Waals surface area contributed by atoms with Crippen molar-refractivity contribution in [2.24, 2.45) is 5.73 Å². The molecule has 1 amide bonds. The zero-order chi connectivity index (χ0) is 10.1. The van der Waals surface area contributed by atoms with E-state index < -0.39 is 0 Å². The molecule has 2 aromatic heterocycles. The lowest BCUT2D eigenvalue weighted by molar-refractivity contribution is -0.117. The van der Waals surface area contributed by atoms with Gasteiger partial charge in [0.05, 0.1) is 12.1 Å². The zero-order valence-electron chi connectivity index (χ0n) is 7.90. The average Bonchev–Trinajstić information content (AvgIpc) is 2.49. The molecule has 0 saturated heterocycles. The molecule has 0 spiro atoms. The summed E-state index contributed by atoms with van der Waals surface area (Å²) in [6.45, 7) is 1.98. The minimum absolute atomic E-state index is 0.227. The van der Waals surface area contributed by atoms with Crippen LogP contribution in [0.25, 0.3) is 5.65 Å². The third-order valence-corrected chi connectivity index (χ3v) is 2.16. The van der Waals surface area contributed by atoms with Gasteiger partial charge in [0.1, 0.15) is 5.65 Å². The molecule has 0 atom stereocenters. The highest BCUT2D eigenvalue weighted by Crippen LogP contribution is 2.10. The van der Waals surface area contributed by atoms with E-state index in [-0.39, 0.29) is 12.3 Å². The van der Waals surface area contributed by atoms with E-state index in [0.29, 0.717) is 0 Å². The fourth-order valence-corrected chi connectivity index (χ4v) is 1.51. The van der Waals surface area contributed by atoms with Crippen LogP contribution in [0.1, 0.15) is 11.3 Å². The first-order valence-electron chi connectivity index (χ1n) is 4.38. The minimum atomic E-state index is -0.340. The van der Waals surface area contributed by atoms with Crippen LogP contribution in [0.2, 0.25) is 0 Å². The standard InChI is InChI=1S/C10H11N3O/c1-7-3-2-4-13-8(5-9(11)14)6-12-10(7)13/h2-4,6H,5H2,1H3,(H2,11,14). The molecular formula is C10H11N3O. The Kier molecular flexibility index (Phi) is 1.96. The van der Waals surface area contributed by atoms with Gasteiger partial charge in [0.25, 0.3) is 0 Å². The molecule has 0 unspecified atom stereocenters. The van der Waals surface area contributed by atoms with Crippen molar-refractivity contribution in [1.29, 1.82) is 0 Å². The van der Waals surface area contributed by atoms with E-state index >= 15 is 0 Å². The third kappa shape index (κ3) is 1.35. The van der Waals surface area contributed by atoms with Gasteiger partial charge in [0, 0.05) is 12.4 Å². The molecule has 14 heavy (non-hydrogen) atoms. The summed E-state index contributed by atoms with van der Waals surface area (Å²) >= 11 is 0. The van der Waals surface area contributed by atoms with Gasteiger partial charge < -0.3 is 10.1 Å². The monoisotopic (exact) mass is 189 g/mol. The Bertz CT molecular complexity index is 487. The van der Waals surface area contributed by atoms with Crippen LogP contribution in [0.4, 0.5) is 0 Å². The topological polar surface area (TPSA) is 60.4 Å². The normalized spacial score (nSPS) is 10.6. The number of nitrogens with two attached hydrogens (primary N) is 1. The minimum Gasteiger partial charge on any atom is -0.369 e. The van der Waals surface area contributed by atoms with Crippen LogP contribution in [0, 0.1) is 6.92 Å². The second-order valence-electron chi connectivity index (χ2n) is 3.28. The summed E-state index contributed by atoms with van der Waals surface area (Å²) in [5, 5.41) is 0. The molecule has 4 heteroatoms. The number of imidazole rings is 1. The maximum atomic E-state index is 10.8. The van der Waals surface area contributed by atoms with Gasteiger partial charge in [-0.2, -0.15) is 0 Å². The summed E-state index contributed by atoms with van der Waals surface area (Å²) in [7, 11) is 0. The number of amides is 1. The molecule has 0 saturated carbocycles. The Balaban J connectivity index is 2.58. The number of aromatic nitrogens is 2. The molecule has 2 aromatic rings. The van der Waals surface area contributed by atoms with Crippen molar-refractivity contribution in [2.75, 3.05) is 0 Å². The van der Waals surface area contributed by atoms with Gasteiger partial charge in [-0.3, -0.25) is 4.79 Å². The van der Waals surface area contributed by atoms with E-state index in [1.807, 2.05) is 29.7 Å². The molecule has 0 aliphatic heterocycles. The smallest absolute Gasteiger partial charge is 0.223 e. The fourth-order valence-electron chi connectivity index (χ4n) is 1.51. The number of pyridine rings is 1. The van der Waals surface area contributed by atoms with Gasteiger partial charge >= 0.3 is 0 Å². The second-order valence-corrected chi connectivity index (χ2v) is 3.28. The summed E-state index contributed by atoms with van der Waals surface area (Å²) in [6.07, 6.45) is 3.80. The Morgan fingerprint density at radius 2 is 2.43 bits per heavy atom. The van der Waals surface area contributed by atoms with Crippen molar-refractivity contribution < 1.29 is 4.79 Å². The highest BCUT2D eigenvalue weighted by Gasteiger charge is 2.06. The molecule has 2 heterocycles. The summed E-state index contributed by atoms with van der Waals surface area (Å²) in [5.41, 5.74) is 7.93. The molecule has 2 N–H and O–H groups in total. The van der Waals surface area contributed by atoms with Crippen LogP contribution in [0.3, 0.4) is 0 Å². The van der Waals surface area contributed by atoms with Crippen molar-refractivity contribution >= 4 is 11.6 Å². The van der Waals surface area contributed by atoms with Crippen molar-refractivity contribution in [3.05, 3.63) is 35.8 Å². The molecule has 0 fully saturated rings. The summed E-state index contributed by atoms with van der Waals surface area (Å²) < 4.78 is 1.89. The van der Waals surface area contributed by atoms with Gasteiger partial charge in [-0.25, -0.2) is 4.98 Å². The van der Waals surface area contributed by atoms with Gasteiger partial charge in [0.2, 0.25) is 5.91 Å². The number of carbonyl (C=O) groups excluding carboxylic acids is 1. The summed E-state index contributed by atoms with van der Waals surface area (Å²) in [5.74, 6) is -0.340. The Morgan fingerprint density at radius 3 is 3.14 bits per heavy atom. The lowest BCUT2D eigenvalue weighted by Gasteiger charge is -2.00. The number of carbonyl (C=O) groups is 1. The summed E-state index contributed by atoms with van der Waals surface area (Å²) in [4.78, 5) is 15.0. The maximum Gasteiger partial charge on any atom is 0.223 e. The van der Waals surface area contributed by atoms with E-state index in [2.05, 4.69) is 4.98 Å². The van der Waals surface area contributed by atoms with Crippen LogP contribution < -0.4 is 5.73 Å². The number of hydrogen-bond acceptors (Lipinski definition) is 2. The predicted molar refractivity (Wildman–Crippen MR) is 52.8 cm³/mol. The van der Waals surface area contributed by atoms with Crippen molar-refractivity contribution in [2.45, 2.75) is 13.3 Å². The third-order valence-electron chi connectivity index (χ3n) is 2.16. The zero-order valence-corrected chi connectivity index (χ0v) is 7.90. The molecule has 0 radical (unpaired) electrons. The van der Waals surface area contributed by atoms with Crippen molar-refractivity contribution in [3.8, 4) is 0 Å². The number of fused-ring (bicyclic) bond motifs is 1. The predicted octanol–water partition coefficient (Wildman–Crippen LogP) is 0.671. The van der Waals surface area contributed by atoms with E-state index in [0.717, 1.165) is 16.9 Å². The largest absolute Gasteiger partial charge is 0.369 e. The lowest BCUT2D eigenvalue weighted by atomic mass is 10.3. The number of hydrogen-bond donors (Lipinski definition) is 1. The highest BCUT2D eigenvalue weighted by molar-refractivity contribution is 5.76. The Hall–Kier alpha value is -1.84. The van der Waals surface area contributed by atoms with Crippen LogP contribution in [0.5, 0.6) is 0 Å². The number of rotatable bonds is 2. The maximum absolute atomic E-state index is 10.8. The summed E-state index contributed by atoms with van der Waals surface area (Å²) in [6, 6.07) is 3.91. The molecule has 0 bridgehead atoms. The Morgan fingerprint density at radius 1 is 1.64 bits per heavy atom. The molecule has 72 valence electrons. The molecule has 2 rings (SSSR count). The van der Waals surface area contributed by atoms with Crippen LogP contribution in [-0.2, 0) is 11.2 Å². The number of nitrogens with zero attached hydrogens (tertiary/aromatic N) is 2. The fraction of sp³-hybridized carbons (Fsp3) is 0.200. The van der Waals surface area contributed by atoms with Gasteiger partial charge in [-0.05, 0) is 18.6 Å². The van der Waals surface area contributed by atoms with Crippen LogP contribution in [0.15, 0.2) is 24.5 Å². The van der Waals surface area contributed by atoms with Crippen LogP contribution >= 0.6 is 0 Å². The number of aryl methyl sites for hydroxylation is 1. The van der Waals surface area contributed by atoms with E-state index in [1.54, 1.807) is 6.20 Å². The quantitative estimate of drug-likeness (QED) is 0.754. The van der Waals surface area contributed by atoms with Crippen molar-refractivity contribution in [1.82, 2.24) is 9.38 Å². The average molecular weight is 189 g/mol.